The van der Waals surface area contributed by atoms with E-state index in [1.54, 1.807) is 0 Å². The fourth-order valence-electron chi connectivity index (χ4n) is 1.74. The second-order valence-corrected chi connectivity index (χ2v) is 3.62. The first-order valence-electron chi connectivity index (χ1n) is 4.74. The molecular weight excluding hydrogens is 152 g/mol. The molecule has 0 radical (unpaired) electrons. The van der Waals surface area contributed by atoms with Crippen molar-refractivity contribution in [1.82, 2.24) is 10.2 Å². The Morgan fingerprint density at radius 3 is 2.42 bits per heavy atom. The number of nitrogens with zero attached hydrogens (tertiary/aromatic N) is 1. The van der Waals surface area contributed by atoms with E-state index in [9.17, 15) is 0 Å². The highest BCUT2D eigenvalue weighted by Gasteiger charge is 2.20. The van der Waals surface area contributed by atoms with Gasteiger partial charge in [-0.1, -0.05) is 0 Å². The van der Waals surface area contributed by atoms with Crippen LogP contribution in [-0.4, -0.2) is 50.3 Å². The van der Waals surface area contributed by atoms with Crippen LogP contribution in [0.4, 0.5) is 0 Å². The van der Waals surface area contributed by atoms with Gasteiger partial charge in [0.25, 0.3) is 0 Å². The summed E-state index contributed by atoms with van der Waals surface area (Å²) in [6.45, 7) is 8.64. The predicted molar refractivity (Wildman–Crippen MR) is 50.4 cm³/mol. The average Bonchev–Trinajstić information content (AvgIpc) is 1.99. The van der Waals surface area contributed by atoms with Crippen LogP contribution in [-0.2, 0) is 4.74 Å². The SMILES string of the molecule is CNCCN1CC(C)OC(C)C1. The minimum absolute atomic E-state index is 0.394. The van der Waals surface area contributed by atoms with Gasteiger partial charge in [-0.25, -0.2) is 0 Å². The Kier molecular flexibility index (Phi) is 3.98. The Balaban J connectivity index is 2.24. The van der Waals surface area contributed by atoms with E-state index in [1.807, 2.05) is 7.05 Å². The predicted octanol–water partition coefficient (Wildman–Crippen LogP) is 0.315. The second kappa shape index (κ2) is 4.80. The van der Waals surface area contributed by atoms with Crippen molar-refractivity contribution in [3.63, 3.8) is 0 Å². The van der Waals surface area contributed by atoms with Crippen molar-refractivity contribution in [2.75, 3.05) is 33.2 Å². The van der Waals surface area contributed by atoms with Crippen molar-refractivity contribution in [3.8, 4) is 0 Å². The van der Waals surface area contributed by atoms with Gasteiger partial charge in [-0.2, -0.15) is 0 Å². The fraction of sp³-hybridized carbons (Fsp3) is 1.00. The number of ether oxygens (including phenoxy) is 1. The molecule has 12 heavy (non-hydrogen) atoms. The lowest BCUT2D eigenvalue weighted by atomic mass is 10.2. The summed E-state index contributed by atoms with van der Waals surface area (Å²) >= 11 is 0. The van der Waals surface area contributed by atoms with Crippen LogP contribution in [0.25, 0.3) is 0 Å². The number of nitrogens with one attached hydrogen (secondary N) is 1. The van der Waals surface area contributed by atoms with Crippen LogP contribution in [0, 0.1) is 0 Å². The minimum atomic E-state index is 0.394. The molecule has 1 aliphatic rings. The molecule has 0 aliphatic carbocycles. The molecule has 1 heterocycles. The summed E-state index contributed by atoms with van der Waals surface area (Å²) in [7, 11) is 1.99. The molecule has 1 N–H and O–H groups in total. The van der Waals surface area contributed by atoms with Gasteiger partial charge in [0.1, 0.15) is 0 Å². The number of rotatable bonds is 3. The summed E-state index contributed by atoms with van der Waals surface area (Å²) in [6, 6.07) is 0. The first-order chi connectivity index (χ1) is 5.72. The van der Waals surface area contributed by atoms with Crippen molar-refractivity contribution in [3.05, 3.63) is 0 Å². The fourth-order valence-corrected chi connectivity index (χ4v) is 1.74. The molecule has 0 amide bonds. The van der Waals surface area contributed by atoms with Gasteiger partial charge >= 0.3 is 0 Å². The molecule has 0 saturated carbocycles. The third-order valence-electron chi connectivity index (χ3n) is 2.17. The van der Waals surface area contributed by atoms with Crippen LogP contribution < -0.4 is 5.32 Å². The first-order valence-corrected chi connectivity index (χ1v) is 4.74. The third kappa shape index (κ3) is 3.09. The molecule has 0 aromatic rings. The number of hydrogen-bond acceptors (Lipinski definition) is 3. The van der Waals surface area contributed by atoms with Gasteiger partial charge in [-0.15, -0.1) is 0 Å². The smallest absolute Gasteiger partial charge is 0.0678 e. The number of hydrogen-bond donors (Lipinski definition) is 1. The summed E-state index contributed by atoms with van der Waals surface area (Å²) in [4.78, 5) is 2.45. The van der Waals surface area contributed by atoms with Crippen LogP contribution in [0.1, 0.15) is 13.8 Å². The molecule has 3 nitrogen and oxygen atoms in total. The van der Waals surface area contributed by atoms with Crippen LogP contribution in [0.3, 0.4) is 0 Å². The van der Waals surface area contributed by atoms with Gasteiger partial charge in [0.15, 0.2) is 0 Å². The van der Waals surface area contributed by atoms with E-state index in [0.717, 1.165) is 26.2 Å². The highest BCUT2D eigenvalue weighted by Crippen LogP contribution is 2.09. The zero-order chi connectivity index (χ0) is 8.97. The van der Waals surface area contributed by atoms with E-state index in [0.29, 0.717) is 12.2 Å². The summed E-state index contributed by atoms with van der Waals surface area (Å²) in [5, 5.41) is 3.16. The Morgan fingerprint density at radius 1 is 1.33 bits per heavy atom. The largest absolute Gasteiger partial charge is 0.373 e. The molecule has 2 unspecified atom stereocenters. The van der Waals surface area contributed by atoms with E-state index < -0.39 is 0 Å². The monoisotopic (exact) mass is 172 g/mol. The molecule has 1 saturated heterocycles. The van der Waals surface area contributed by atoms with Gasteiger partial charge in [0, 0.05) is 26.2 Å². The van der Waals surface area contributed by atoms with E-state index in [4.69, 9.17) is 4.74 Å². The van der Waals surface area contributed by atoms with Crippen molar-refractivity contribution >= 4 is 0 Å². The van der Waals surface area contributed by atoms with Gasteiger partial charge in [-0.3, -0.25) is 4.90 Å². The highest BCUT2D eigenvalue weighted by molar-refractivity contribution is 4.73. The maximum Gasteiger partial charge on any atom is 0.0678 e. The average molecular weight is 172 g/mol. The van der Waals surface area contributed by atoms with Crippen molar-refractivity contribution in [2.45, 2.75) is 26.1 Å². The number of likely N-dealkylation sites (N-methyl/N-ethyl adjacent to an activating group) is 1. The summed E-state index contributed by atoms with van der Waals surface area (Å²) in [5.41, 5.74) is 0. The van der Waals surface area contributed by atoms with Crippen LogP contribution in [0.5, 0.6) is 0 Å². The molecule has 1 fully saturated rings. The van der Waals surface area contributed by atoms with Gasteiger partial charge < -0.3 is 10.1 Å². The Bertz CT molecular complexity index is 120. The standard InChI is InChI=1S/C9H20N2O/c1-8-6-11(5-4-10-3)7-9(2)12-8/h8-10H,4-7H2,1-3H3. The van der Waals surface area contributed by atoms with Crippen molar-refractivity contribution in [1.29, 1.82) is 0 Å². The van der Waals surface area contributed by atoms with Gasteiger partial charge in [-0.05, 0) is 20.9 Å². The molecule has 0 bridgehead atoms. The molecule has 1 rings (SSSR count). The first kappa shape index (κ1) is 9.96. The van der Waals surface area contributed by atoms with Crippen LogP contribution in [0.15, 0.2) is 0 Å². The topological polar surface area (TPSA) is 24.5 Å². The summed E-state index contributed by atoms with van der Waals surface area (Å²) < 4.78 is 5.63. The second-order valence-electron chi connectivity index (χ2n) is 3.62. The Hall–Kier alpha value is -0.120. The number of morpholine rings is 1. The van der Waals surface area contributed by atoms with E-state index in [2.05, 4.69) is 24.1 Å². The minimum Gasteiger partial charge on any atom is -0.373 e. The van der Waals surface area contributed by atoms with Crippen molar-refractivity contribution < 1.29 is 4.74 Å². The Labute approximate surface area is 75.1 Å². The lowest BCUT2D eigenvalue weighted by Gasteiger charge is -2.35. The molecule has 72 valence electrons. The third-order valence-corrected chi connectivity index (χ3v) is 2.17. The maximum atomic E-state index is 5.63. The van der Waals surface area contributed by atoms with Crippen molar-refractivity contribution in [2.24, 2.45) is 0 Å². The molecule has 0 aromatic carbocycles. The molecular formula is C9H20N2O. The highest BCUT2D eigenvalue weighted by atomic mass is 16.5. The maximum absolute atomic E-state index is 5.63. The molecule has 3 heteroatoms. The normalized spacial score (nSPS) is 32.2. The lowest BCUT2D eigenvalue weighted by molar-refractivity contribution is -0.0673. The van der Waals surface area contributed by atoms with Gasteiger partial charge in [0.05, 0.1) is 12.2 Å². The molecule has 2 atom stereocenters. The Morgan fingerprint density at radius 2 is 1.92 bits per heavy atom. The zero-order valence-electron chi connectivity index (χ0n) is 8.34. The van der Waals surface area contributed by atoms with Gasteiger partial charge in [0.2, 0.25) is 0 Å². The van der Waals surface area contributed by atoms with E-state index >= 15 is 0 Å². The molecule has 1 aliphatic heterocycles. The lowest BCUT2D eigenvalue weighted by Crippen LogP contribution is -2.47. The van der Waals surface area contributed by atoms with E-state index in [-0.39, 0.29) is 0 Å². The van der Waals surface area contributed by atoms with Crippen LogP contribution >= 0.6 is 0 Å². The summed E-state index contributed by atoms with van der Waals surface area (Å²) in [5.74, 6) is 0. The quantitative estimate of drug-likeness (QED) is 0.663. The van der Waals surface area contributed by atoms with Crippen LogP contribution in [0.2, 0.25) is 0 Å². The van der Waals surface area contributed by atoms with E-state index in [1.165, 1.54) is 0 Å². The summed E-state index contributed by atoms with van der Waals surface area (Å²) in [6.07, 6.45) is 0.788. The molecule has 0 aromatic heterocycles. The molecule has 0 spiro atoms. The zero-order valence-corrected chi connectivity index (χ0v) is 8.34.